The molecule has 0 saturated heterocycles. The van der Waals surface area contributed by atoms with Crippen LogP contribution in [-0.2, 0) is 4.79 Å². The molecule has 0 saturated carbocycles. The third kappa shape index (κ3) is 6.05. The molecule has 0 radical (unpaired) electrons. The number of hydrazone groups is 1. The van der Waals surface area contributed by atoms with Gasteiger partial charge in [0.25, 0.3) is 5.91 Å². The number of nitrogens with one attached hydrogen (secondary N) is 1. The molecule has 33 heavy (non-hydrogen) atoms. The minimum Gasteiger partial charge on any atom is -0.272 e. The van der Waals surface area contributed by atoms with E-state index in [0.29, 0.717) is 5.16 Å². The Balaban J connectivity index is 1.43. The Labute approximate surface area is 197 Å². The summed E-state index contributed by atoms with van der Waals surface area (Å²) in [6, 6.07) is 29.7. The molecule has 4 aromatic rings. The van der Waals surface area contributed by atoms with Gasteiger partial charge in [-0.25, -0.2) is 5.43 Å². The van der Waals surface area contributed by atoms with Gasteiger partial charge in [-0.1, -0.05) is 96.7 Å². The fourth-order valence-electron chi connectivity index (χ4n) is 3.17. The molecule has 1 heterocycles. The summed E-state index contributed by atoms with van der Waals surface area (Å²) in [5, 5.41) is 13.4. The van der Waals surface area contributed by atoms with Crippen molar-refractivity contribution >= 4 is 30.0 Å². The summed E-state index contributed by atoms with van der Waals surface area (Å²) in [6.07, 6.45) is 3.63. The maximum absolute atomic E-state index is 12.4. The number of rotatable bonds is 8. The van der Waals surface area contributed by atoms with Crippen molar-refractivity contribution < 1.29 is 4.79 Å². The molecule has 164 valence electrons. The van der Waals surface area contributed by atoms with Crippen molar-refractivity contribution in [3.63, 3.8) is 0 Å². The second-order valence-electron chi connectivity index (χ2n) is 7.22. The van der Waals surface area contributed by atoms with Crippen LogP contribution in [0.1, 0.15) is 12.5 Å². The molecule has 0 fully saturated rings. The Morgan fingerprint density at radius 1 is 0.939 bits per heavy atom. The number of carbonyl (C=O) groups is 1. The van der Waals surface area contributed by atoms with Crippen LogP contribution in [0.15, 0.2) is 107 Å². The number of hydrogen-bond donors (Lipinski definition) is 1. The van der Waals surface area contributed by atoms with Crippen molar-refractivity contribution in [2.45, 2.75) is 12.1 Å². The number of amides is 1. The maximum Gasteiger partial charge on any atom is 0.250 e. The summed E-state index contributed by atoms with van der Waals surface area (Å²) < 4.78 is 1.96. The van der Waals surface area contributed by atoms with Gasteiger partial charge in [0, 0.05) is 11.3 Å². The Kier molecular flexibility index (Phi) is 7.45. The normalized spacial score (nSPS) is 11.6. The number of allylic oxidation sites excluding steroid dienone is 1. The van der Waals surface area contributed by atoms with Crippen LogP contribution in [0.3, 0.4) is 0 Å². The number of benzene rings is 3. The SMILES string of the molecule is CC(/C=N\NC(=O)CSc1nnc(-c2ccccc2)n1-c1ccccc1)=C\c1ccccc1. The Morgan fingerprint density at radius 3 is 2.27 bits per heavy atom. The summed E-state index contributed by atoms with van der Waals surface area (Å²) in [5.41, 5.74) is 6.48. The monoisotopic (exact) mass is 453 g/mol. The lowest BCUT2D eigenvalue weighted by molar-refractivity contribution is -0.118. The van der Waals surface area contributed by atoms with Gasteiger partial charge in [0.15, 0.2) is 11.0 Å². The molecule has 1 aromatic heterocycles. The third-order valence-corrected chi connectivity index (χ3v) is 5.59. The minimum atomic E-state index is -0.215. The topological polar surface area (TPSA) is 72.2 Å². The predicted molar refractivity (Wildman–Crippen MR) is 134 cm³/mol. The summed E-state index contributed by atoms with van der Waals surface area (Å²) in [6.45, 7) is 1.94. The Bertz CT molecular complexity index is 1250. The highest BCUT2D eigenvalue weighted by atomic mass is 32.2. The third-order valence-electron chi connectivity index (χ3n) is 4.66. The number of carbonyl (C=O) groups excluding carboxylic acids is 1. The van der Waals surface area contributed by atoms with Gasteiger partial charge in [0.05, 0.1) is 12.0 Å². The number of nitrogens with zero attached hydrogens (tertiary/aromatic N) is 4. The predicted octanol–water partition coefficient (Wildman–Crippen LogP) is 5.23. The Morgan fingerprint density at radius 2 is 1.58 bits per heavy atom. The molecular weight excluding hydrogens is 430 g/mol. The van der Waals surface area contributed by atoms with E-state index in [4.69, 9.17) is 0 Å². The molecule has 0 spiro atoms. The number of hydrogen-bond acceptors (Lipinski definition) is 5. The number of thioether (sulfide) groups is 1. The van der Waals surface area contributed by atoms with E-state index in [2.05, 4.69) is 20.7 Å². The zero-order valence-electron chi connectivity index (χ0n) is 18.1. The molecule has 0 aliphatic rings. The zero-order chi connectivity index (χ0) is 22.9. The van der Waals surface area contributed by atoms with Gasteiger partial charge >= 0.3 is 0 Å². The first-order chi connectivity index (χ1) is 16.2. The minimum absolute atomic E-state index is 0.165. The first-order valence-corrected chi connectivity index (χ1v) is 11.4. The standard InChI is InChI=1S/C26H23N5OS/c1-20(17-21-11-5-2-6-12-21)18-27-28-24(32)19-33-26-30-29-25(22-13-7-3-8-14-22)31(26)23-15-9-4-10-16-23/h2-18H,19H2,1H3,(H,28,32)/b20-17+,27-18-. The molecule has 1 N–H and O–H groups in total. The molecular formula is C26H23N5OS. The molecule has 1 amide bonds. The van der Waals surface area contributed by atoms with Crippen LogP contribution in [0.2, 0.25) is 0 Å². The largest absolute Gasteiger partial charge is 0.272 e. The molecule has 4 rings (SSSR count). The average Bonchev–Trinajstić information content (AvgIpc) is 3.28. The molecule has 0 bridgehead atoms. The van der Waals surface area contributed by atoms with Crippen LogP contribution in [0.5, 0.6) is 0 Å². The van der Waals surface area contributed by atoms with Crippen LogP contribution < -0.4 is 5.43 Å². The second-order valence-corrected chi connectivity index (χ2v) is 8.17. The van der Waals surface area contributed by atoms with Crippen molar-refractivity contribution in [1.82, 2.24) is 20.2 Å². The highest BCUT2D eigenvalue weighted by Gasteiger charge is 2.16. The molecule has 3 aromatic carbocycles. The lowest BCUT2D eigenvalue weighted by atomic mass is 10.1. The fourth-order valence-corrected chi connectivity index (χ4v) is 3.91. The summed E-state index contributed by atoms with van der Waals surface area (Å²) >= 11 is 1.32. The van der Waals surface area contributed by atoms with Gasteiger partial charge in [-0.3, -0.25) is 9.36 Å². The van der Waals surface area contributed by atoms with Gasteiger partial charge in [0.2, 0.25) is 0 Å². The van der Waals surface area contributed by atoms with E-state index in [1.54, 1.807) is 6.21 Å². The number of para-hydroxylation sites is 1. The van der Waals surface area contributed by atoms with Gasteiger partial charge in [0.1, 0.15) is 0 Å². The van der Waals surface area contributed by atoms with Crippen LogP contribution in [0.25, 0.3) is 23.2 Å². The van der Waals surface area contributed by atoms with Crippen LogP contribution in [0, 0.1) is 0 Å². The van der Waals surface area contributed by atoms with Crippen molar-refractivity contribution in [3.05, 3.63) is 102 Å². The molecule has 0 atom stereocenters. The van der Waals surface area contributed by atoms with Crippen molar-refractivity contribution in [1.29, 1.82) is 0 Å². The Hall–Kier alpha value is -3.97. The van der Waals surface area contributed by atoms with E-state index in [1.165, 1.54) is 11.8 Å². The first-order valence-electron chi connectivity index (χ1n) is 10.4. The van der Waals surface area contributed by atoms with E-state index in [0.717, 1.165) is 28.2 Å². The highest BCUT2D eigenvalue weighted by molar-refractivity contribution is 7.99. The van der Waals surface area contributed by atoms with E-state index in [1.807, 2.05) is 109 Å². The van der Waals surface area contributed by atoms with E-state index in [9.17, 15) is 4.79 Å². The highest BCUT2D eigenvalue weighted by Crippen LogP contribution is 2.27. The van der Waals surface area contributed by atoms with Crippen molar-refractivity contribution in [3.8, 4) is 17.1 Å². The second kappa shape index (κ2) is 11.1. The maximum atomic E-state index is 12.4. The van der Waals surface area contributed by atoms with Gasteiger partial charge in [-0.05, 0) is 30.2 Å². The van der Waals surface area contributed by atoms with Crippen LogP contribution in [-0.4, -0.2) is 32.6 Å². The quantitative estimate of drug-likeness (QED) is 0.225. The summed E-state index contributed by atoms with van der Waals surface area (Å²) in [4.78, 5) is 12.4. The van der Waals surface area contributed by atoms with Crippen LogP contribution >= 0.6 is 11.8 Å². The lowest BCUT2D eigenvalue weighted by Gasteiger charge is -2.10. The molecule has 6 nitrogen and oxygen atoms in total. The van der Waals surface area contributed by atoms with Gasteiger partial charge in [-0.2, -0.15) is 5.10 Å². The molecule has 7 heteroatoms. The van der Waals surface area contributed by atoms with E-state index >= 15 is 0 Å². The summed E-state index contributed by atoms with van der Waals surface area (Å²) in [5.74, 6) is 0.676. The lowest BCUT2D eigenvalue weighted by Crippen LogP contribution is -2.20. The van der Waals surface area contributed by atoms with Crippen molar-refractivity contribution in [2.24, 2.45) is 5.10 Å². The van der Waals surface area contributed by atoms with Gasteiger partial charge < -0.3 is 0 Å². The van der Waals surface area contributed by atoms with Crippen molar-refractivity contribution in [2.75, 3.05) is 5.75 Å². The first kappa shape index (κ1) is 22.2. The zero-order valence-corrected chi connectivity index (χ0v) is 18.9. The van der Waals surface area contributed by atoms with E-state index in [-0.39, 0.29) is 11.7 Å². The van der Waals surface area contributed by atoms with E-state index < -0.39 is 0 Å². The van der Waals surface area contributed by atoms with Gasteiger partial charge in [-0.15, -0.1) is 10.2 Å². The summed E-state index contributed by atoms with van der Waals surface area (Å²) in [7, 11) is 0. The fraction of sp³-hybridized carbons (Fsp3) is 0.0769. The molecule has 0 unspecified atom stereocenters. The molecule has 0 aliphatic heterocycles. The number of aromatic nitrogens is 3. The van der Waals surface area contributed by atoms with Crippen LogP contribution in [0.4, 0.5) is 0 Å². The average molecular weight is 454 g/mol. The smallest absolute Gasteiger partial charge is 0.250 e. The molecule has 0 aliphatic carbocycles.